The van der Waals surface area contributed by atoms with Gasteiger partial charge in [-0.2, -0.15) is 0 Å². The van der Waals surface area contributed by atoms with Gasteiger partial charge in [0.05, 0.1) is 15.6 Å². The topological polar surface area (TPSA) is 66.4 Å². The van der Waals surface area contributed by atoms with Crippen LogP contribution in [0.2, 0.25) is 10.0 Å². The minimum absolute atomic E-state index is 0.159. The maximum atomic E-state index is 11.4. The van der Waals surface area contributed by atoms with Crippen molar-refractivity contribution >= 4 is 40.6 Å². The summed E-state index contributed by atoms with van der Waals surface area (Å²) in [6.07, 6.45) is 0. The lowest BCUT2D eigenvalue weighted by Crippen LogP contribution is -2.23. The van der Waals surface area contributed by atoms with Gasteiger partial charge in [0.1, 0.15) is 0 Å². The van der Waals surface area contributed by atoms with Crippen molar-refractivity contribution in [2.24, 2.45) is 0 Å². The van der Waals surface area contributed by atoms with Crippen molar-refractivity contribution in [3.05, 3.63) is 39.6 Å². The van der Waals surface area contributed by atoms with E-state index in [1.807, 2.05) is 5.32 Å². The molecule has 0 spiro atoms. The predicted octanol–water partition coefficient (Wildman–Crippen LogP) is 1.92. The van der Waals surface area contributed by atoms with Gasteiger partial charge in [-0.05, 0) is 12.1 Å². The van der Waals surface area contributed by atoms with Crippen molar-refractivity contribution in [3.8, 4) is 0 Å². The van der Waals surface area contributed by atoms with Crippen LogP contribution in [0.4, 0.5) is 0 Å². The van der Waals surface area contributed by atoms with Crippen LogP contribution in [0.3, 0.4) is 0 Å². The van der Waals surface area contributed by atoms with Crippen LogP contribution in [0, 0.1) is 0 Å². The fraction of sp³-hybridized carbons (Fsp3) is 0. The largest absolute Gasteiger partial charge is 0.502 e. The fourth-order valence-electron chi connectivity index (χ4n) is 1.41. The Morgan fingerprint density at radius 2 is 1.62 bits per heavy atom. The predicted molar refractivity (Wildman–Crippen MR) is 59.2 cm³/mol. The number of aliphatic hydroxyl groups excluding tert-OH is 1. The quantitative estimate of drug-likeness (QED) is 0.756. The molecule has 1 aliphatic rings. The summed E-state index contributed by atoms with van der Waals surface area (Å²) >= 11 is 11.7. The van der Waals surface area contributed by atoms with E-state index in [1.54, 1.807) is 6.07 Å². The second kappa shape index (κ2) is 3.81. The number of aliphatic hydroxyl groups is 1. The minimum atomic E-state index is -0.851. The van der Waals surface area contributed by atoms with Gasteiger partial charge in [0.15, 0.2) is 5.76 Å². The Morgan fingerprint density at radius 3 is 2.06 bits per heavy atom. The van der Waals surface area contributed by atoms with Crippen molar-refractivity contribution in [2.75, 3.05) is 0 Å². The van der Waals surface area contributed by atoms with E-state index >= 15 is 0 Å². The molecular formula is C10H5Cl2NO3. The van der Waals surface area contributed by atoms with Crippen LogP contribution in [0.15, 0.2) is 24.0 Å². The molecule has 0 saturated heterocycles. The number of benzene rings is 1. The van der Waals surface area contributed by atoms with Crippen LogP contribution >= 0.6 is 23.2 Å². The fourth-order valence-corrected chi connectivity index (χ4v) is 2.00. The van der Waals surface area contributed by atoms with Crippen LogP contribution in [0.1, 0.15) is 5.56 Å². The third kappa shape index (κ3) is 1.56. The molecule has 2 amide bonds. The van der Waals surface area contributed by atoms with Gasteiger partial charge in [-0.15, -0.1) is 0 Å². The number of nitrogens with one attached hydrogen (secondary N) is 1. The van der Waals surface area contributed by atoms with Crippen molar-refractivity contribution < 1.29 is 14.7 Å². The first kappa shape index (κ1) is 11.0. The molecule has 0 saturated carbocycles. The highest BCUT2D eigenvalue weighted by Gasteiger charge is 2.33. The monoisotopic (exact) mass is 257 g/mol. The molecule has 0 fully saturated rings. The molecule has 2 N–H and O–H groups in total. The number of hydrogen-bond donors (Lipinski definition) is 2. The zero-order valence-corrected chi connectivity index (χ0v) is 9.26. The molecule has 16 heavy (non-hydrogen) atoms. The minimum Gasteiger partial charge on any atom is -0.502 e. The van der Waals surface area contributed by atoms with Crippen molar-refractivity contribution in [1.82, 2.24) is 5.32 Å². The van der Waals surface area contributed by atoms with Gasteiger partial charge in [-0.1, -0.05) is 29.3 Å². The van der Waals surface area contributed by atoms with Crippen LogP contribution in [0.5, 0.6) is 0 Å². The molecule has 0 unspecified atom stereocenters. The number of carbonyl (C=O) groups excluding carboxylic acids is 2. The molecular weight excluding hydrogens is 253 g/mol. The summed E-state index contributed by atoms with van der Waals surface area (Å²) in [4.78, 5) is 22.5. The molecule has 4 nitrogen and oxygen atoms in total. The lowest BCUT2D eigenvalue weighted by Gasteiger charge is -2.05. The van der Waals surface area contributed by atoms with E-state index in [-0.39, 0.29) is 21.2 Å². The highest BCUT2D eigenvalue weighted by atomic mass is 35.5. The molecule has 1 aromatic rings. The molecule has 0 atom stereocenters. The Kier molecular flexibility index (Phi) is 2.61. The average molecular weight is 258 g/mol. The first-order valence-electron chi connectivity index (χ1n) is 4.25. The van der Waals surface area contributed by atoms with E-state index in [9.17, 15) is 14.7 Å². The molecule has 1 aromatic carbocycles. The normalized spacial score (nSPS) is 15.6. The van der Waals surface area contributed by atoms with Crippen LogP contribution in [-0.4, -0.2) is 16.9 Å². The van der Waals surface area contributed by atoms with Crippen LogP contribution < -0.4 is 5.32 Å². The van der Waals surface area contributed by atoms with E-state index in [1.165, 1.54) is 12.1 Å². The summed E-state index contributed by atoms with van der Waals surface area (Å²) in [6, 6.07) is 4.62. The number of halogens is 2. The smallest absolute Gasteiger partial charge is 0.293 e. The zero-order valence-electron chi connectivity index (χ0n) is 7.75. The molecule has 1 aliphatic heterocycles. The van der Waals surface area contributed by atoms with Crippen LogP contribution in [0.25, 0.3) is 5.57 Å². The summed E-state index contributed by atoms with van der Waals surface area (Å²) in [6.45, 7) is 0. The molecule has 0 aliphatic carbocycles. The van der Waals surface area contributed by atoms with Gasteiger partial charge in [-0.3, -0.25) is 14.9 Å². The molecule has 0 radical (unpaired) electrons. The first-order chi connectivity index (χ1) is 7.52. The van der Waals surface area contributed by atoms with E-state index in [0.29, 0.717) is 0 Å². The third-order valence-corrected chi connectivity index (χ3v) is 2.75. The van der Waals surface area contributed by atoms with Gasteiger partial charge in [0.2, 0.25) is 0 Å². The van der Waals surface area contributed by atoms with Crippen molar-refractivity contribution in [2.45, 2.75) is 0 Å². The molecule has 0 bridgehead atoms. The van der Waals surface area contributed by atoms with Gasteiger partial charge >= 0.3 is 0 Å². The second-order valence-corrected chi connectivity index (χ2v) is 3.92. The Morgan fingerprint density at radius 1 is 1.06 bits per heavy atom. The molecule has 0 aromatic heterocycles. The van der Waals surface area contributed by atoms with E-state index in [2.05, 4.69) is 0 Å². The average Bonchev–Trinajstić information content (AvgIpc) is 2.44. The highest BCUT2D eigenvalue weighted by Crippen LogP contribution is 2.34. The molecule has 1 heterocycles. The third-order valence-electron chi connectivity index (χ3n) is 2.12. The lowest BCUT2D eigenvalue weighted by molar-refractivity contribution is -0.124. The maximum absolute atomic E-state index is 11.4. The first-order valence-corrected chi connectivity index (χ1v) is 5.01. The SMILES string of the molecule is O=C1NC(=O)C(c2c(Cl)cccc2Cl)=C1O. The number of hydrogen-bond acceptors (Lipinski definition) is 3. The number of amides is 2. The van der Waals surface area contributed by atoms with E-state index < -0.39 is 17.6 Å². The van der Waals surface area contributed by atoms with Gasteiger partial charge < -0.3 is 5.11 Å². The van der Waals surface area contributed by atoms with Gasteiger partial charge in [0.25, 0.3) is 11.8 Å². The van der Waals surface area contributed by atoms with Gasteiger partial charge in [-0.25, -0.2) is 0 Å². The molecule has 6 heteroatoms. The van der Waals surface area contributed by atoms with Gasteiger partial charge in [0, 0.05) is 5.56 Å². The van der Waals surface area contributed by atoms with Crippen LogP contribution in [-0.2, 0) is 9.59 Å². The maximum Gasteiger partial charge on any atom is 0.293 e. The zero-order chi connectivity index (χ0) is 11.9. The molecule has 2 rings (SSSR count). The lowest BCUT2D eigenvalue weighted by atomic mass is 10.1. The summed E-state index contributed by atoms with van der Waals surface area (Å²) in [7, 11) is 0. The number of imide groups is 1. The molecule has 82 valence electrons. The summed E-state index contributed by atoms with van der Waals surface area (Å²) in [5.41, 5.74) is -0.0349. The van der Waals surface area contributed by atoms with E-state index in [0.717, 1.165) is 0 Å². The standard InChI is InChI=1S/C10H5Cl2NO3/c11-4-2-1-3-5(12)6(4)7-8(14)10(16)13-9(7)15/h1-3H,(H2,13,14,15,16). The highest BCUT2D eigenvalue weighted by molar-refractivity contribution is 6.44. The number of carbonyl (C=O) groups is 2. The Hall–Kier alpha value is -1.52. The Labute approximate surface area is 100 Å². The second-order valence-electron chi connectivity index (χ2n) is 3.10. The summed E-state index contributed by atoms with van der Waals surface area (Å²) < 4.78 is 0. The Balaban J connectivity index is 2.70. The summed E-state index contributed by atoms with van der Waals surface area (Å²) in [5, 5.41) is 11.8. The Bertz CT molecular complexity index is 517. The summed E-state index contributed by atoms with van der Waals surface area (Å²) in [5.74, 6) is -2.23. The van der Waals surface area contributed by atoms with E-state index in [4.69, 9.17) is 23.2 Å². The van der Waals surface area contributed by atoms with Crippen molar-refractivity contribution in [3.63, 3.8) is 0 Å². The van der Waals surface area contributed by atoms with Crippen molar-refractivity contribution in [1.29, 1.82) is 0 Å². The number of rotatable bonds is 1.